The predicted molar refractivity (Wildman–Crippen MR) is 94.7 cm³/mol. The molecule has 1 saturated heterocycles. The minimum absolute atomic E-state index is 0.0513. The molecule has 2 atom stereocenters. The van der Waals surface area contributed by atoms with Crippen LogP contribution in [-0.2, 0) is 22.2 Å². The van der Waals surface area contributed by atoms with Crippen LogP contribution in [0.4, 0.5) is 24.5 Å². The van der Waals surface area contributed by atoms with Gasteiger partial charge < -0.3 is 0 Å². The molecule has 1 fully saturated rings. The van der Waals surface area contributed by atoms with Gasteiger partial charge in [0.1, 0.15) is 0 Å². The summed E-state index contributed by atoms with van der Waals surface area (Å²) < 4.78 is 39.0. The van der Waals surface area contributed by atoms with Crippen molar-refractivity contribution in [2.24, 2.45) is 10.3 Å². The molecule has 0 bridgehead atoms. The van der Waals surface area contributed by atoms with E-state index in [0.717, 1.165) is 34.0 Å². The highest BCUT2D eigenvalue weighted by atomic mass is 19.4. The van der Waals surface area contributed by atoms with Crippen molar-refractivity contribution in [2.75, 3.05) is 9.91 Å². The van der Waals surface area contributed by atoms with E-state index >= 15 is 0 Å². The Hall–Kier alpha value is -3.23. The summed E-state index contributed by atoms with van der Waals surface area (Å²) >= 11 is 0. The predicted octanol–water partition coefficient (Wildman–Crippen LogP) is 3.77. The summed E-state index contributed by atoms with van der Waals surface area (Å²) in [7, 11) is 0. The van der Waals surface area contributed by atoms with Crippen molar-refractivity contribution in [2.45, 2.75) is 31.6 Å². The molecule has 28 heavy (non-hydrogen) atoms. The Morgan fingerprint density at radius 1 is 1.00 bits per heavy atom. The van der Waals surface area contributed by atoms with Gasteiger partial charge in [0, 0.05) is 0 Å². The number of imide groups is 1. The molecule has 9 heteroatoms. The Labute approximate surface area is 158 Å². The first-order valence-corrected chi connectivity index (χ1v) is 8.65. The number of halogens is 3. The van der Waals surface area contributed by atoms with Gasteiger partial charge in [0.25, 0.3) is 11.8 Å². The Morgan fingerprint density at radius 3 is 2.36 bits per heavy atom. The Morgan fingerprint density at radius 2 is 1.71 bits per heavy atom. The number of nitrogens with zero attached hydrogens (tertiary/aromatic N) is 4. The number of hydrogen-bond donors (Lipinski definition) is 0. The molecule has 6 nitrogen and oxygen atoms in total. The topological polar surface area (TPSA) is 65.3 Å². The van der Waals surface area contributed by atoms with E-state index in [1.54, 1.807) is 12.1 Å². The average Bonchev–Trinajstić information content (AvgIpc) is 3.22. The highest BCUT2D eigenvalue weighted by Gasteiger charge is 2.55. The number of aryl methyl sites for hydroxylation is 1. The van der Waals surface area contributed by atoms with Crippen LogP contribution < -0.4 is 9.91 Å². The lowest BCUT2D eigenvalue weighted by atomic mass is 10.1. The van der Waals surface area contributed by atoms with Crippen LogP contribution in [0.3, 0.4) is 0 Å². The monoisotopic (exact) mass is 388 g/mol. The molecule has 2 aliphatic heterocycles. The Balaban J connectivity index is 1.66. The number of hydrogen-bond acceptors (Lipinski definition) is 5. The van der Waals surface area contributed by atoms with E-state index in [1.807, 2.05) is 19.1 Å². The molecule has 2 amide bonds. The van der Waals surface area contributed by atoms with Crippen LogP contribution in [0, 0.1) is 0 Å². The van der Waals surface area contributed by atoms with Crippen LogP contribution in [0.15, 0.2) is 58.9 Å². The number of fused-ring (bicyclic) bond motifs is 1. The van der Waals surface area contributed by atoms with E-state index in [1.165, 1.54) is 12.1 Å². The highest BCUT2D eigenvalue weighted by molar-refractivity contribution is 6.26. The number of anilines is 2. The quantitative estimate of drug-likeness (QED) is 0.752. The van der Waals surface area contributed by atoms with Gasteiger partial charge in [-0.25, -0.2) is 9.91 Å². The molecule has 0 spiro atoms. The first-order chi connectivity index (χ1) is 13.3. The lowest BCUT2D eigenvalue weighted by Crippen LogP contribution is -2.40. The van der Waals surface area contributed by atoms with Crippen molar-refractivity contribution in [3.8, 4) is 0 Å². The lowest BCUT2D eigenvalue weighted by molar-refractivity contribution is -0.137. The highest BCUT2D eigenvalue weighted by Crippen LogP contribution is 2.37. The number of rotatable bonds is 3. The van der Waals surface area contributed by atoms with E-state index in [4.69, 9.17) is 0 Å². The zero-order valence-electron chi connectivity index (χ0n) is 14.7. The number of alkyl halides is 3. The first-order valence-electron chi connectivity index (χ1n) is 8.65. The summed E-state index contributed by atoms with van der Waals surface area (Å²) in [5.41, 5.74) is 0.636. The summed E-state index contributed by atoms with van der Waals surface area (Å²) in [6.07, 6.45) is -3.72. The Kier molecular flexibility index (Phi) is 4.17. The maximum absolute atomic E-state index is 13.0. The fourth-order valence-electron chi connectivity index (χ4n) is 3.33. The normalized spacial score (nSPS) is 21.6. The van der Waals surface area contributed by atoms with Crippen molar-refractivity contribution >= 4 is 23.2 Å². The maximum Gasteiger partial charge on any atom is 0.416 e. The molecule has 0 saturated carbocycles. The summed E-state index contributed by atoms with van der Waals surface area (Å²) in [6.45, 7) is 1.99. The second-order valence-electron chi connectivity index (χ2n) is 6.52. The van der Waals surface area contributed by atoms with Crippen molar-refractivity contribution in [3.05, 3.63) is 59.7 Å². The van der Waals surface area contributed by atoms with Gasteiger partial charge in [0.15, 0.2) is 12.1 Å². The molecule has 0 unspecified atom stereocenters. The van der Waals surface area contributed by atoms with Gasteiger partial charge in [-0.3, -0.25) is 9.59 Å². The largest absolute Gasteiger partial charge is 0.416 e. The van der Waals surface area contributed by atoms with Crippen molar-refractivity contribution in [3.63, 3.8) is 0 Å². The van der Waals surface area contributed by atoms with Gasteiger partial charge in [-0.05, 0) is 42.3 Å². The van der Waals surface area contributed by atoms with Crippen LogP contribution in [0.5, 0.6) is 0 Å². The first kappa shape index (κ1) is 18.1. The van der Waals surface area contributed by atoms with E-state index in [-0.39, 0.29) is 5.69 Å². The van der Waals surface area contributed by atoms with E-state index in [2.05, 4.69) is 10.3 Å². The smallest absolute Gasteiger partial charge is 0.271 e. The van der Waals surface area contributed by atoms with Crippen LogP contribution in [0.25, 0.3) is 0 Å². The molecule has 144 valence electrons. The molecule has 2 aromatic carbocycles. The van der Waals surface area contributed by atoms with Crippen molar-refractivity contribution < 1.29 is 22.8 Å². The third-order valence-corrected chi connectivity index (χ3v) is 4.82. The number of carbonyl (C=O) groups excluding carboxylic acids is 2. The summed E-state index contributed by atoms with van der Waals surface area (Å²) in [5, 5.41) is 8.72. The molecular formula is C19H15F3N4O2. The van der Waals surface area contributed by atoms with E-state index in [0.29, 0.717) is 5.69 Å². The molecule has 2 aromatic rings. The minimum atomic E-state index is -4.53. The van der Waals surface area contributed by atoms with Crippen molar-refractivity contribution in [1.82, 2.24) is 0 Å². The van der Waals surface area contributed by atoms with Crippen LogP contribution in [-0.4, -0.2) is 23.9 Å². The van der Waals surface area contributed by atoms with Crippen LogP contribution >= 0.6 is 0 Å². The van der Waals surface area contributed by atoms with Crippen molar-refractivity contribution in [1.29, 1.82) is 0 Å². The second-order valence-corrected chi connectivity index (χ2v) is 6.52. The van der Waals surface area contributed by atoms with E-state index in [9.17, 15) is 22.8 Å². The molecular weight excluding hydrogens is 373 g/mol. The molecule has 0 N–H and O–H groups in total. The number of amides is 2. The van der Waals surface area contributed by atoms with Gasteiger partial charge in [0.2, 0.25) is 0 Å². The molecule has 0 radical (unpaired) electrons. The number of benzene rings is 2. The summed E-state index contributed by atoms with van der Waals surface area (Å²) in [5.74, 6) is -1.11. The Bertz CT molecular complexity index is 972. The van der Waals surface area contributed by atoms with Gasteiger partial charge in [-0.1, -0.05) is 30.3 Å². The number of carbonyl (C=O) groups is 2. The second kappa shape index (κ2) is 6.43. The molecule has 2 heterocycles. The summed E-state index contributed by atoms with van der Waals surface area (Å²) in [6, 6.07) is 9.23. The maximum atomic E-state index is 13.0. The van der Waals surface area contributed by atoms with Gasteiger partial charge >= 0.3 is 6.18 Å². The zero-order chi connectivity index (χ0) is 20.1. The van der Waals surface area contributed by atoms with Crippen LogP contribution in [0.2, 0.25) is 0 Å². The fraction of sp³-hybridized carbons (Fsp3) is 0.263. The van der Waals surface area contributed by atoms with Crippen LogP contribution in [0.1, 0.15) is 18.1 Å². The fourth-order valence-corrected chi connectivity index (χ4v) is 3.33. The average molecular weight is 388 g/mol. The van der Waals surface area contributed by atoms with Gasteiger partial charge in [-0.2, -0.15) is 18.3 Å². The standard InChI is InChI=1S/C19H15F3N4O2/c1-2-11-6-8-13(9-7-11)25-17(27)15-16(18(25)28)26(24-23-15)14-5-3-4-12(10-14)19(20,21)22/h3-10,15-16H,2H2,1H3/t15-,16-/m0/s1. The zero-order valence-corrected chi connectivity index (χ0v) is 14.7. The lowest BCUT2D eigenvalue weighted by Gasteiger charge is -2.21. The summed E-state index contributed by atoms with van der Waals surface area (Å²) in [4.78, 5) is 26.7. The van der Waals surface area contributed by atoms with Gasteiger partial charge in [0.05, 0.1) is 16.9 Å². The third-order valence-electron chi connectivity index (χ3n) is 4.82. The molecule has 2 aliphatic rings. The molecule has 4 rings (SSSR count). The molecule has 0 aliphatic carbocycles. The van der Waals surface area contributed by atoms with Gasteiger partial charge in [-0.15, -0.1) is 0 Å². The third kappa shape index (κ3) is 2.83. The SMILES string of the molecule is CCc1ccc(N2C(=O)[C@H]3N=NN(c4cccc(C(F)(F)F)c4)[C@@H]3C2=O)cc1. The molecule has 0 aromatic heterocycles. The minimum Gasteiger partial charge on any atom is -0.271 e. The van der Waals surface area contributed by atoms with E-state index < -0.39 is 35.6 Å².